The molecule has 0 bridgehead atoms. The van der Waals surface area contributed by atoms with Crippen molar-refractivity contribution in [3.05, 3.63) is 76.8 Å². The van der Waals surface area contributed by atoms with Crippen LogP contribution in [0.15, 0.2) is 47.1 Å². The number of aryl methyl sites for hydroxylation is 1. The second kappa shape index (κ2) is 8.83. The number of aromatic nitrogens is 2. The smallest absolute Gasteiger partial charge is 0.274 e. The summed E-state index contributed by atoms with van der Waals surface area (Å²) in [5, 5.41) is 8.11. The van der Waals surface area contributed by atoms with Crippen LogP contribution < -0.4 is 5.32 Å². The number of hydrogen-bond donors (Lipinski definition) is 1. The maximum atomic E-state index is 13.3. The van der Waals surface area contributed by atoms with Crippen molar-refractivity contribution in [3.63, 3.8) is 0 Å². The van der Waals surface area contributed by atoms with Gasteiger partial charge in [0.15, 0.2) is 5.69 Å². The van der Waals surface area contributed by atoms with Crippen LogP contribution in [0.4, 0.5) is 4.39 Å². The normalized spacial score (nSPS) is 15.8. The number of nitrogens with one attached hydrogen (secondary N) is 1. The monoisotopic (exact) mass is 410 g/mol. The average molecular weight is 410 g/mol. The molecule has 2 aromatic heterocycles. The van der Waals surface area contributed by atoms with Crippen LogP contribution in [0.5, 0.6) is 0 Å². The molecule has 0 fully saturated rings. The van der Waals surface area contributed by atoms with Crippen LogP contribution in [0.1, 0.15) is 39.5 Å². The Kier molecular flexibility index (Phi) is 5.99. The van der Waals surface area contributed by atoms with E-state index in [9.17, 15) is 9.18 Å². The molecule has 1 aromatic carbocycles. The number of halogens is 1. The van der Waals surface area contributed by atoms with Gasteiger partial charge in [-0.25, -0.2) is 4.39 Å². The number of furan rings is 1. The fourth-order valence-corrected chi connectivity index (χ4v) is 4.14. The summed E-state index contributed by atoms with van der Waals surface area (Å²) in [6, 6.07) is 10.7. The molecule has 0 saturated carbocycles. The highest BCUT2D eigenvalue weighted by molar-refractivity contribution is 5.94. The van der Waals surface area contributed by atoms with E-state index in [0.29, 0.717) is 12.2 Å². The summed E-state index contributed by atoms with van der Waals surface area (Å²) in [6.45, 7) is 1.18. The second-order valence-corrected chi connectivity index (χ2v) is 7.91. The van der Waals surface area contributed by atoms with E-state index >= 15 is 0 Å². The van der Waals surface area contributed by atoms with Crippen molar-refractivity contribution < 1.29 is 13.6 Å². The molecule has 0 spiro atoms. The number of fused-ring (bicyclic) bond motifs is 1. The molecule has 1 aliphatic rings. The van der Waals surface area contributed by atoms with E-state index in [-0.39, 0.29) is 17.8 Å². The number of carbonyl (C=O) groups excluding carboxylic acids is 1. The summed E-state index contributed by atoms with van der Waals surface area (Å²) in [7, 11) is 3.67. The predicted molar refractivity (Wildman–Crippen MR) is 112 cm³/mol. The summed E-state index contributed by atoms with van der Waals surface area (Å²) in [5.41, 5.74) is 3.67. The maximum absolute atomic E-state index is 13.3. The van der Waals surface area contributed by atoms with E-state index in [4.69, 9.17) is 4.42 Å². The minimum Gasteiger partial charge on any atom is -0.467 e. The molecule has 158 valence electrons. The lowest BCUT2D eigenvalue weighted by Crippen LogP contribution is -2.37. The highest BCUT2D eigenvalue weighted by Crippen LogP contribution is 2.25. The standard InChI is InChI=1S/C23H27FN4O2/c1-27(15-19-7-4-12-30-19)23(29)22-20-14-18(8-9-21(20)28(2)26-22)25-11-10-16-5-3-6-17(24)13-16/h3-7,12-13,18,25H,8-11,14-15H2,1-2H3/t18-/m1/s1. The lowest BCUT2D eigenvalue weighted by molar-refractivity contribution is 0.0767. The summed E-state index contributed by atoms with van der Waals surface area (Å²) < 4.78 is 20.5. The van der Waals surface area contributed by atoms with Crippen molar-refractivity contribution in [3.8, 4) is 0 Å². The number of nitrogens with zero attached hydrogens (tertiary/aromatic N) is 3. The van der Waals surface area contributed by atoms with Gasteiger partial charge in [-0.2, -0.15) is 5.10 Å². The molecule has 0 aliphatic heterocycles. The van der Waals surface area contributed by atoms with E-state index in [1.54, 1.807) is 30.3 Å². The fraction of sp³-hybridized carbons (Fsp3) is 0.391. The molecule has 1 amide bonds. The predicted octanol–water partition coefficient (Wildman–Crippen LogP) is 3.11. The molecule has 2 heterocycles. The Balaban J connectivity index is 1.40. The Labute approximate surface area is 175 Å². The van der Waals surface area contributed by atoms with E-state index in [0.717, 1.165) is 54.8 Å². The van der Waals surface area contributed by atoms with Crippen molar-refractivity contribution in [2.75, 3.05) is 13.6 Å². The quantitative estimate of drug-likeness (QED) is 0.650. The van der Waals surface area contributed by atoms with Crippen LogP contribution in [-0.2, 0) is 32.9 Å². The van der Waals surface area contributed by atoms with E-state index in [1.807, 2.05) is 29.9 Å². The van der Waals surface area contributed by atoms with Gasteiger partial charge < -0.3 is 14.6 Å². The Bertz CT molecular complexity index is 1010. The summed E-state index contributed by atoms with van der Waals surface area (Å²) in [6.07, 6.45) is 5.02. The molecule has 0 radical (unpaired) electrons. The SMILES string of the molecule is CN(Cc1ccco1)C(=O)c1nn(C)c2c1C[C@H](NCCc1cccc(F)c1)CC2. The van der Waals surface area contributed by atoms with Crippen molar-refractivity contribution >= 4 is 5.91 Å². The number of rotatable bonds is 7. The van der Waals surface area contributed by atoms with E-state index in [1.165, 1.54) is 6.07 Å². The highest BCUT2D eigenvalue weighted by Gasteiger charge is 2.29. The van der Waals surface area contributed by atoms with Gasteiger partial charge in [-0.1, -0.05) is 12.1 Å². The summed E-state index contributed by atoms with van der Waals surface area (Å²) >= 11 is 0. The molecular weight excluding hydrogens is 383 g/mol. The zero-order chi connectivity index (χ0) is 21.1. The number of hydrogen-bond acceptors (Lipinski definition) is 4. The topological polar surface area (TPSA) is 63.3 Å². The summed E-state index contributed by atoms with van der Waals surface area (Å²) in [5.74, 6) is 0.447. The average Bonchev–Trinajstić information content (AvgIpc) is 3.35. The fourth-order valence-electron chi connectivity index (χ4n) is 4.14. The largest absolute Gasteiger partial charge is 0.467 e. The number of carbonyl (C=O) groups is 1. The third-order valence-electron chi connectivity index (χ3n) is 5.71. The molecule has 6 nitrogen and oxygen atoms in total. The molecule has 1 N–H and O–H groups in total. The first kappa shape index (κ1) is 20.3. The first-order valence-corrected chi connectivity index (χ1v) is 10.3. The van der Waals surface area contributed by atoms with Gasteiger partial charge in [0.05, 0.1) is 12.8 Å². The second-order valence-electron chi connectivity index (χ2n) is 7.91. The number of benzene rings is 1. The molecule has 4 rings (SSSR count). The van der Waals surface area contributed by atoms with Gasteiger partial charge in [-0.3, -0.25) is 9.48 Å². The molecule has 0 unspecified atom stereocenters. The minimum absolute atomic E-state index is 0.0938. The van der Waals surface area contributed by atoms with Crippen LogP contribution in [0.3, 0.4) is 0 Å². The van der Waals surface area contributed by atoms with Crippen molar-refractivity contribution in [1.29, 1.82) is 0 Å². The molecule has 7 heteroatoms. The van der Waals surface area contributed by atoms with Crippen LogP contribution in [0.25, 0.3) is 0 Å². The first-order valence-electron chi connectivity index (χ1n) is 10.3. The Morgan fingerprint density at radius 3 is 3.00 bits per heavy atom. The molecule has 30 heavy (non-hydrogen) atoms. The number of amides is 1. The maximum Gasteiger partial charge on any atom is 0.274 e. The third kappa shape index (κ3) is 4.46. The van der Waals surface area contributed by atoms with Crippen molar-refractivity contribution in [1.82, 2.24) is 20.0 Å². The summed E-state index contributed by atoms with van der Waals surface area (Å²) in [4.78, 5) is 14.7. The molecular formula is C23H27FN4O2. The van der Waals surface area contributed by atoms with Gasteiger partial charge in [0.2, 0.25) is 0 Å². The van der Waals surface area contributed by atoms with Crippen LogP contribution in [0, 0.1) is 5.82 Å². The Morgan fingerprint density at radius 2 is 2.23 bits per heavy atom. The van der Waals surface area contributed by atoms with Gasteiger partial charge >= 0.3 is 0 Å². The van der Waals surface area contributed by atoms with Crippen molar-refractivity contribution in [2.24, 2.45) is 7.05 Å². The molecule has 0 saturated heterocycles. The first-order chi connectivity index (χ1) is 14.5. The van der Waals surface area contributed by atoms with E-state index in [2.05, 4.69) is 10.4 Å². The van der Waals surface area contributed by atoms with Gasteiger partial charge in [-0.05, 0) is 62.1 Å². The lowest BCUT2D eigenvalue weighted by atomic mass is 9.91. The van der Waals surface area contributed by atoms with Crippen molar-refractivity contribution in [2.45, 2.75) is 38.3 Å². The Hall–Kier alpha value is -2.93. The molecule has 3 aromatic rings. The van der Waals surface area contributed by atoms with Crippen LogP contribution in [0.2, 0.25) is 0 Å². The van der Waals surface area contributed by atoms with Gasteiger partial charge in [0.25, 0.3) is 5.91 Å². The van der Waals surface area contributed by atoms with Gasteiger partial charge in [-0.15, -0.1) is 0 Å². The van der Waals surface area contributed by atoms with Gasteiger partial charge in [0, 0.05) is 31.4 Å². The molecule has 1 atom stereocenters. The zero-order valence-electron chi connectivity index (χ0n) is 17.4. The lowest BCUT2D eigenvalue weighted by Gasteiger charge is -2.25. The minimum atomic E-state index is -0.202. The molecule has 1 aliphatic carbocycles. The third-order valence-corrected chi connectivity index (χ3v) is 5.71. The van der Waals surface area contributed by atoms with Gasteiger partial charge in [0.1, 0.15) is 11.6 Å². The van der Waals surface area contributed by atoms with Crippen LogP contribution >= 0.6 is 0 Å². The van der Waals surface area contributed by atoms with Crippen LogP contribution in [-0.4, -0.2) is 40.2 Å². The Morgan fingerprint density at radius 1 is 1.37 bits per heavy atom. The highest BCUT2D eigenvalue weighted by atomic mass is 19.1. The zero-order valence-corrected chi connectivity index (χ0v) is 17.4. The van der Waals surface area contributed by atoms with E-state index < -0.39 is 0 Å².